The summed E-state index contributed by atoms with van der Waals surface area (Å²) in [5.74, 6) is 2.66. The van der Waals surface area contributed by atoms with Crippen molar-refractivity contribution in [1.29, 1.82) is 0 Å². The van der Waals surface area contributed by atoms with E-state index in [0.29, 0.717) is 41.5 Å². The Bertz CT molecular complexity index is 689. The Kier molecular flexibility index (Phi) is 5.33. The molecule has 0 spiro atoms. The first-order valence-corrected chi connectivity index (χ1v) is 9.85. The number of methoxy groups -OCH3 is 3. The van der Waals surface area contributed by atoms with Crippen LogP contribution in [0.3, 0.4) is 0 Å². The van der Waals surface area contributed by atoms with Gasteiger partial charge in [-0.1, -0.05) is 20.8 Å². The maximum absolute atomic E-state index is 12.6. The van der Waals surface area contributed by atoms with Gasteiger partial charge in [0, 0.05) is 12.5 Å². The molecule has 2 bridgehead atoms. The van der Waals surface area contributed by atoms with Gasteiger partial charge in [0.15, 0.2) is 11.5 Å². The molecule has 2 fully saturated rings. The number of benzene rings is 1. The van der Waals surface area contributed by atoms with Crippen LogP contribution in [0, 0.1) is 16.7 Å². The molecule has 1 aromatic carbocycles. The summed E-state index contributed by atoms with van der Waals surface area (Å²) < 4.78 is 16.2. The van der Waals surface area contributed by atoms with Crippen LogP contribution in [0.2, 0.25) is 0 Å². The zero-order chi connectivity index (χ0) is 19.8. The largest absolute Gasteiger partial charge is 0.493 e. The second-order valence-electron chi connectivity index (χ2n) is 8.76. The highest BCUT2D eigenvalue weighted by Gasteiger charge is 2.61. The van der Waals surface area contributed by atoms with Crippen LogP contribution in [0.5, 0.6) is 17.2 Å². The molecule has 150 valence electrons. The molecule has 27 heavy (non-hydrogen) atoms. The molecule has 3 atom stereocenters. The minimum atomic E-state index is 0.123. The van der Waals surface area contributed by atoms with Crippen LogP contribution in [0.25, 0.3) is 0 Å². The van der Waals surface area contributed by atoms with Gasteiger partial charge < -0.3 is 19.5 Å². The lowest BCUT2D eigenvalue weighted by molar-refractivity contribution is -0.122. The quantitative estimate of drug-likeness (QED) is 0.783. The summed E-state index contributed by atoms with van der Waals surface area (Å²) in [6.45, 7) is 7.09. The first kappa shape index (κ1) is 19.8. The summed E-state index contributed by atoms with van der Waals surface area (Å²) in [5.41, 5.74) is 1.51. The van der Waals surface area contributed by atoms with Crippen LogP contribution >= 0.6 is 0 Å². The van der Waals surface area contributed by atoms with Gasteiger partial charge in [-0.15, -0.1) is 0 Å². The average Bonchev–Trinajstić information content (AvgIpc) is 2.98. The van der Waals surface area contributed by atoms with E-state index in [-0.39, 0.29) is 11.3 Å². The van der Waals surface area contributed by atoms with Gasteiger partial charge in [-0.25, -0.2) is 0 Å². The third kappa shape index (κ3) is 3.26. The zero-order valence-electron chi connectivity index (χ0n) is 17.5. The molecule has 1 N–H and O–H groups in total. The molecular formula is C22H33NO4. The fourth-order valence-electron chi connectivity index (χ4n) is 5.23. The van der Waals surface area contributed by atoms with Crippen LogP contribution in [-0.4, -0.2) is 33.3 Å². The van der Waals surface area contributed by atoms with Gasteiger partial charge >= 0.3 is 0 Å². The Morgan fingerprint density at radius 3 is 2.19 bits per heavy atom. The van der Waals surface area contributed by atoms with Crippen LogP contribution < -0.4 is 19.5 Å². The number of hydrogen-bond donors (Lipinski definition) is 1. The van der Waals surface area contributed by atoms with Crippen molar-refractivity contribution in [2.45, 2.75) is 58.9 Å². The summed E-state index contributed by atoms with van der Waals surface area (Å²) in [6.07, 6.45) is 4.71. The van der Waals surface area contributed by atoms with Crippen LogP contribution in [0.4, 0.5) is 0 Å². The third-order valence-electron chi connectivity index (χ3n) is 7.49. The second-order valence-corrected chi connectivity index (χ2v) is 8.76. The molecule has 2 aliphatic carbocycles. The average molecular weight is 376 g/mol. The number of rotatable bonds is 7. The van der Waals surface area contributed by atoms with Gasteiger partial charge in [-0.05, 0) is 60.1 Å². The summed E-state index contributed by atoms with van der Waals surface area (Å²) in [5, 5.41) is 3.33. The van der Waals surface area contributed by atoms with E-state index in [9.17, 15) is 4.79 Å². The van der Waals surface area contributed by atoms with Crippen LogP contribution in [-0.2, 0) is 11.2 Å². The highest BCUT2D eigenvalue weighted by atomic mass is 16.5. The minimum Gasteiger partial charge on any atom is -0.493 e. The third-order valence-corrected chi connectivity index (χ3v) is 7.49. The van der Waals surface area contributed by atoms with Crippen molar-refractivity contribution in [1.82, 2.24) is 5.32 Å². The number of fused-ring (bicyclic) bond motifs is 2. The Morgan fingerprint density at radius 1 is 1.11 bits per heavy atom. The predicted octanol–water partition coefficient (Wildman–Crippen LogP) is 3.98. The molecule has 0 radical (unpaired) electrons. The molecule has 3 rings (SSSR count). The molecule has 1 aromatic rings. The zero-order valence-corrected chi connectivity index (χ0v) is 17.5. The van der Waals surface area contributed by atoms with E-state index in [1.807, 2.05) is 12.1 Å². The van der Waals surface area contributed by atoms with Gasteiger partial charge in [0.05, 0.1) is 21.3 Å². The first-order valence-electron chi connectivity index (χ1n) is 9.85. The molecular weight excluding hydrogens is 342 g/mol. The molecule has 1 amide bonds. The fourth-order valence-corrected chi connectivity index (χ4v) is 5.23. The van der Waals surface area contributed by atoms with E-state index < -0.39 is 0 Å². The first-order chi connectivity index (χ1) is 12.8. The minimum absolute atomic E-state index is 0.123. The Morgan fingerprint density at radius 2 is 1.74 bits per heavy atom. The number of nitrogens with one attached hydrogen (secondary N) is 1. The number of carbonyl (C=O) groups excluding carboxylic acids is 1. The van der Waals surface area contributed by atoms with E-state index >= 15 is 0 Å². The molecule has 0 aromatic heterocycles. The fraction of sp³-hybridized carbons (Fsp3) is 0.682. The molecule has 5 heteroatoms. The van der Waals surface area contributed by atoms with E-state index in [1.165, 1.54) is 12.8 Å². The maximum Gasteiger partial charge on any atom is 0.220 e. The second kappa shape index (κ2) is 7.25. The van der Waals surface area contributed by atoms with E-state index in [2.05, 4.69) is 26.1 Å². The maximum atomic E-state index is 12.6. The normalized spacial score (nSPS) is 28.1. The molecule has 2 aliphatic rings. The summed E-state index contributed by atoms with van der Waals surface area (Å²) in [7, 11) is 4.79. The van der Waals surface area contributed by atoms with Crippen molar-refractivity contribution in [2.75, 3.05) is 21.3 Å². The van der Waals surface area contributed by atoms with E-state index in [1.54, 1.807) is 21.3 Å². The van der Waals surface area contributed by atoms with Crippen molar-refractivity contribution < 1.29 is 19.0 Å². The Balaban J connectivity index is 1.63. The topological polar surface area (TPSA) is 56.8 Å². The van der Waals surface area contributed by atoms with Gasteiger partial charge in [0.2, 0.25) is 11.7 Å². The molecule has 3 unspecified atom stereocenters. The van der Waals surface area contributed by atoms with Crippen molar-refractivity contribution in [2.24, 2.45) is 16.7 Å². The van der Waals surface area contributed by atoms with Crippen molar-refractivity contribution in [3.63, 3.8) is 0 Å². The monoisotopic (exact) mass is 375 g/mol. The van der Waals surface area contributed by atoms with Crippen molar-refractivity contribution in [3.05, 3.63) is 17.7 Å². The molecule has 2 saturated carbocycles. The highest BCUT2D eigenvalue weighted by molar-refractivity contribution is 5.77. The lowest BCUT2D eigenvalue weighted by atomic mass is 9.69. The number of carbonyl (C=O) groups is 1. The Hall–Kier alpha value is -1.91. The Labute approximate surface area is 162 Å². The number of hydrogen-bond acceptors (Lipinski definition) is 4. The van der Waals surface area contributed by atoms with Crippen LogP contribution in [0.1, 0.15) is 52.0 Å². The molecule has 5 nitrogen and oxygen atoms in total. The lowest BCUT2D eigenvalue weighted by Gasteiger charge is -2.39. The molecule has 0 aliphatic heterocycles. The smallest absolute Gasteiger partial charge is 0.220 e. The van der Waals surface area contributed by atoms with Crippen molar-refractivity contribution >= 4 is 5.91 Å². The summed E-state index contributed by atoms with van der Waals surface area (Å²) in [4.78, 5) is 12.6. The summed E-state index contributed by atoms with van der Waals surface area (Å²) >= 11 is 0. The SMILES string of the molecule is COc1cc(CCC(=O)NC2CC3CCC2(C)C3(C)C)cc(OC)c1OC. The predicted molar refractivity (Wildman–Crippen MR) is 106 cm³/mol. The number of ether oxygens (including phenoxy) is 3. The van der Waals surface area contributed by atoms with E-state index in [4.69, 9.17) is 14.2 Å². The highest BCUT2D eigenvalue weighted by Crippen LogP contribution is 2.65. The van der Waals surface area contributed by atoms with Crippen LogP contribution in [0.15, 0.2) is 12.1 Å². The van der Waals surface area contributed by atoms with Gasteiger partial charge in [-0.2, -0.15) is 0 Å². The summed E-state index contributed by atoms with van der Waals surface area (Å²) in [6, 6.07) is 4.12. The number of aryl methyl sites for hydroxylation is 1. The van der Waals surface area contributed by atoms with Crippen molar-refractivity contribution in [3.8, 4) is 17.2 Å². The van der Waals surface area contributed by atoms with Gasteiger partial charge in [-0.3, -0.25) is 4.79 Å². The van der Waals surface area contributed by atoms with E-state index in [0.717, 1.165) is 17.9 Å². The standard InChI is InChI=1S/C22H33NO4/c1-21(2)15-9-10-22(21,3)18(13-15)23-19(24)8-7-14-11-16(25-4)20(27-6)17(12-14)26-5/h11-12,15,18H,7-10,13H2,1-6H3,(H,23,24). The molecule has 0 saturated heterocycles. The lowest BCUT2D eigenvalue weighted by Crippen LogP contribution is -2.46. The van der Waals surface area contributed by atoms with Gasteiger partial charge in [0.25, 0.3) is 0 Å². The van der Waals surface area contributed by atoms with Gasteiger partial charge in [0.1, 0.15) is 0 Å². The number of amides is 1. The molecule has 0 heterocycles.